The van der Waals surface area contributed by atoms with Crippen molar-refractivity contribution in [3.63, 3.8) is 0 Å². The molecular formula is C30H37N5O4Si. The second-order valence-corrected chi connectivity index (χ2v) is 16.0. The molecule has 1 fully saturated rings. The number of carbonyl (C=O) groups excluding carboxylic acids is 1. The molecule has 210 valence electrons. The lowest BCUT2D eigenvalue weighted by molar-refractivity contribution is 0.0323. The Morgan fingerprint density at radius 2 is 1.73 bits per heavy atom. The van der Waals surface area contributed by atoms with E-state index in [9.17, 15) is 9.90 Å². The molecule has 3 aromatic carbocycles. The molecule has 2 amide bonds. The molecule has 0 bridgehead atoms. The van der Waals surface area contributed by atoms with Gasteiger partial charge >= 0.3 is 6.03 Å². The van der Waals surface area contributed by atoms with Gasteiger partial charge in [-0.1, -0.05) is 56.0 Å². The van der Waals surface area contributed by atoms with Crippen molar-refractivity contribution in [2.24, 2.45) is 0 Å². The fourth-order valence-electron chi connectivity index (χ4n) is 4.66. The van der Waals surface area contributed by atoms with E-state index in [4.69, 9.17) is 14.6 Å². The Morgan fingerprint density at radius 3 is 2.42 bits per heavy atom. The average molecular weight is 560 g/mol. The predicted octanol–water partition coefficient (Wildman–Crippen LogP) is 4.42. The summed E-state index contributed by atoms with van der Waals surface area (Å²) < 4.78 is 13.3. The van der Waals surface area contributed by atoms with Gasteiger partial charge in [0.2, 0.25) is 0 Å². The molecule has 10 heteroatoms. The molecule has 0 saturated carbocycles. The van der Waals surface area contributed by atoms with Crippen LogP contribution in [-0.4, -0.2) is 73.3 Å². The zero-order chi connectivity index (χ0) is 28.1. The number of aliphatic hydroxyl groups excluding tert-OH is 1. The number of hydrogen-bond donors (Lipinski definition) is 3. The molecule has 0 radical (unpaired) electrons. The highest BCUT2D eigenvalue weighted by Gasteiger charge is 2.23. The third-order valence-electron chi connectivity index (χ3n) is 6.98. The molecule has 5 rings (SSSR count). The Bertz CT molecular complexity index is 1460. The first-order valence-corrected chi connectivity index (χ1v) is 17.2. The van der Waals surface area contributed by atoms with E-state index in [1.807, 2.05) is 66.7 Å². The minimum absolute atomic E-state index is 0.0291. The Balaban J connectivity index is 1.33. The van der Waals surface area contributed by atoms with Gasteiger partial charge in [0.1, 0.15) is 26.2 Å². The van der Waals surface area contributed by atoms with Crippen molar-refractivity contribution in [3.8, 4) is 11.4 Å². The van der Waals surface area contributed by atoms with Gasteiger partial charge in [-0.25, -0.2) is 9.48 Å². The summed E-state index contributed by atoms with van der Waals surface area (Å²) in [6.07, 6.45) is 0. The van der Waals surface area contributed by atoms with Gasteiger partial charge in [0.25, 0.3) is 0 Å². The fourth-order valence-corrected chi connectivity index (χ4v) is 5.63. The Hall–Kier alpha value is -3.70. The highest BCUT2D eigenvalue weighted by molar-refractivity contribution is 6.88. The molecule has 40 heavy (non-hydrogen) atoms. The van der Waals surface area contributed by atoms with Crippen molar-refractivity contribution in [2.45, 2.75) is 26.2 Å². The SMILES string of the molecule is C[Si](C)(C)c1cc(NC(=O)Nc2ccc(OCCN3CCOCC3)c3ccccc23)n(-c2ccc(CO)cc2)n1. The Labute approximate surface area is 235 Å². The van der Waals surface area contributed by atoms with Gasteiger partial charge in [-0.15, -0.1) is 0 Å². The zero-order valence-corrected chi connectivity index (χ0v) is 24.3. The second-order valence-electron chi connectivity index (χ2n) is 10.9. The van der Waals surface area contributed by atoms with Crippen molar-refractivity contribution >= 4 is 41.7 Å². The monoisotopic (exact) mass is 559 g/mol. The smallest absolute Gasteiger partial charge is 0.324 e. The van der Waals surface area contributed by atoms with E-state index in [-0.39, 0.29) is 12.6 Å². The lowest BCUT2D eigenvalue weighted by atomic mass is 10.1. The van der Waals surface area contributed by atoms with Gasteiger partial charge in [0.15, 0.2) is 0 Å². The Kier molecular flexibility index (Phi) is 8.51. The number of ether oxygens (including phenoxy) is 2. The van der Waals surface area contributed by atoms with Crippen LogP contribution in [0.4, 0.5) is 16.3 Å². The summed E-state index contributed by atoms with van der Waals surface area (Å²) in [6, 6.07) is 20.8. The quantitative estimate of drug-likeness (QED) is 0.263. The standard InChI is InChI=1S/C30H37N5O4Si/c1-40(2,3)29-20-28(35(33-29)23-10-8-22(21-36)9-11-23)32-30(37)31-26-12-13-27(25-7-5-4-6-24(25)26)39-19-16-34-14-17-38-18-15-34/h4-13,20,36H,14-19,21H2,1-3H3,(H2,31,32,37). The maximum atomic E-state index is 13.3. The van der Waals surface area contributed by atoms with E-state index in [1.54, 1.807) is 4.68 Å². The van der Waals surface area contributed by atoms with Crippen LogP contribution in [0.25, 0.3) is 16.5 Å². The first-order chi connectivity index (χ1) is 19.3. The van der Waals surface area contributed by atoms with Crippen LogP contribution in [0.15, 0.2) is 66.7 Å². The number of fused-ring (bicyclic) bond motifs is 1. The van der Waals surface area contributed by atoms with Gasteiger partial charge in [0, 0.05) is 35.7 Å². The van der Waals surface area contributed by atoms with Crippen molar-refractivity contribution < 1.29 is 19.4 Å². The number of benzene rings is 3. The van der Waals surface area contributed by atoms with E-state index in [0.717, 1.165) is 65.9 Å². The summed E-state index contributed by atoms with van der Waals surface area (Å²) in [6.45, 7) is 11.4. The van der Waals surface area contributed by atoms with E-state index in [2.05, 4.69) is 35.2 Å². The summed E-state index contributed by atoms with van der Waals surface area (Å²) in [7, 11) is -1.75. The molecule has 0 unspecified atom stereocenters. The summed E-state index contributed by atoms with van der Waals surface area (Å²) >= 11 is 0. The van der Waals surface area contributed by atoms with Crippen LogP contribution in [0.3, 0.4) is 0 Å². The van der Waals surface area contributed by atoms with E-state index >= 15 is 0 Å². The third kappa shape index (κ3) is 6.53. The average Bonchev–Trinajstić information content (AvgIpc) is 3.39. The number of aliphatic hydroxyl groups is 1. The van der Waals surface area contributed by atoms with Gasteiger partial charge in [-0.2, -0.15) is 5.10 Å². The van der Waals surface area contributed by atoms with Gasteiger partial charge < -0.3 is 19.9 Å². The van der Waals surface area contributed by atoms with E-state index < -0.39 is 8.07 Å². The van der Waals surface area contributed by atoms with Crippen molar-refractivity contribution in [1.29, 1.82) is 0 Å². The highest BCUT2D eigenvalue weighted by Crippen LogP contribution is 2.32. The van der Waals surface area contributed by atoms with Gasteiger partial charge in [-0.3, -0.25) is 10.2 Å². The second kappa shape index (κ2) is 12.2. The topological polar surface area (TPSA) is 101 Å². The molecule has 3 N–H and O–H groups in total. The fraction of sp³-hybridized carbons (Fsp3) is 0.333. The number of nitrogens with zero attached hydrogens (tertiary/aromatic N) is 3. The number of morpholine rings is 1. The normalized spacial score (nSPS) is 14.3. The minimum Gasteiger partial charge on any atom is -0.492 e. The maximum absolute atomic E-state index is 13.3. The van der Waals surface area contributed by atoms with Crippen LogP contribution < -0.4 is 20.7 Å². The van der Waals surface area contributed by atoms with E-state index in [1.165, 1.54) is 0 Å². The lowest BCUT2D eigenvalue weighted by Gasteiger charge is -2.26. The Morgan fingerprint density at radius 1 is 1.00 bits per heavy atom. The number of amides is 2. The molecule has 1 aromatic heterocycles. The first kappa shape index (κ1) is 27.8. The van der Waals surface area contributed by atoms with Crippen LogP contribution in [0.1, 0.15) is 5.56 Å². The minimum atomic E-state index is -1.75. The summed E-state index contributed by atoms with van der Waals surface area (Å²) in [5.41, 5.74) is 2.31. The molecule has 1 aliphatic heterocycles. The highest BCUT2D eigenvalue weighted by atomic mass is 28.3. The number of aromatic nitrogens is 2. The number of hydrogen-bond acceptors (Lipinski definition) is 6. The molecular weight excluding hydrogens is 522 g/mol. The number of carbonyl (C=O) groups is 1. The van der Waals surface area contributed by atoms with Crippen molar-refractivity contribution in [3.05, 3.63) is 72.3 Å². The van der Waals surface area contributed by atoms with Crippen molar-refractivity contribution in [2.75, 3.05) is 50.1 Å². The van der Waals surface area contributed by atoms with Crippen LogP contribution in [0.5, 0.6) is 5.75 Å². The maximum Gasteiger partial charge on any atom is 0.324 e. The third-order valence-corrected chi connectivity index (χ3v) is 8.77. The van der Waals surface area contributed by atoms with Crippen LogP contribution in [0.2, 0.25) is 19.6 Å². The zero-order valence-electron chi connectivity index (χ0n) is 23.3. The lowest BCUT2D eigenvalue weighted by Crippen LogP contribution is -2.39. The molecule has 1 aliphatic rings. The summed E-state index contributed by atoms with van der Waals surface area (Å²) in [5, 5.41) is 23.1. The van der Waals surface area contributed by atoms with E-state index in [0.29, 0.717) is 18.1 Å². The largest absolute Gasteiger partial charge is 0.492 e. The number of nitrogens with one attached hydrogen (secondary N) is 2. The number of anilines is 2. The number of rotatable bonds is 9. The predicted molar refractivity (Wildman–Crippen MR) is 162 cm³/mol. The van der Waals surface area contributed by atoms with Crippen LogP contribution in [-0.2, 0) is 11.3 Å². The molecule has 0 aliphatic carbocycles. The summed E-state index contributed by atoms with van der Waals surface area (Å²) in [5.74, 6) is 1.37. The molecule has 0 spiro atoms. The number of urea groups is 1. The van der Waals surface area contributed by atoms with Crippen LogP contribution in [0, 0.1) is 0 Å². The van der Waals surface area contributed by atoms with Crippen molar-refractivity contribution in [1.82, 2.24) is 14.7 Å². The van der Waals surface area contributed by atoms with Gasteiger partial charge in [-0.05, 0) is 35.9 Å². The summed E-state index contributed by atoms with van der Waals surface area (Å²) in [4.78, 5) is 15.6. The van der Waals surface area contributed by atoms with Gasteiger partial charge in [0.05, 0.1) is 31.2 Å². The molecule has 0 atom stereocenters. The van der Waals surface area contributed by atoms with Crippen LogP contribution >= 0.6 is 0 Å². The first-order valence-electron chi connectivity index (χ1n) is 13.7. The molecule has 1 saturated heterocycles. The molecule has 9 nitrogen and oxygen atoms in total. The molecule has 2 heterocycles. The molecule has 4 aromatic rings.